The lowest BCUT2D eigenvalue weighted by atomic mass is 9.79. The van der Waals surface area contributed by atoms with E-state index in [2.05, 4.69) is 25.9 Å². The van der Waals surface area contributed by atoms with E-state index < -0.39 is 5.60 Å². The first kappa shape index (κ1) is 31.0. The average Bonchev–Trinajstić information content (AvgIpc) is 3.55. The Hall–Kier alpha value is -4.61. The number of halogens is 1. The summed E-state index contributed by atoms with van der Waals surface area (Å²) in [6, 6.07) is 23.1. The van der Waals surface area contributed by atoms with Gasteiger partial charge in [-0.2, -0.15) is 0 Å². The van der Waals surface area contributed by atoms with Crippen LogP contribution in [0.5, 0.6) is 0 Å². The molecule has 11 heteroatoms. The fourth-order valence-electron chi connectivity index (χ4n) is 7.00. The quantitative estimate of drug-likeness (QED) is 0.277. The first-order chi connectivity index (χ1) is 22.8. The summed E-state index contributed by atoms with van der Waals surface area (Å²) < 4.78 is 4.09. The normalized spacial score (nSPS) is 19.5. The Bertz CT molecular complexity index is 1970. The number of likely N-dealkylation sites (tertiary alicyclic amines) is 2. The van der Waals surface area contributed by atoms with Crippen LogP contribution in [0.3, 0.4) is 0 Å². The van der Waals surface area contributed by atoms with Crippen LogP contribution in [0.1, 0.15) is 41.1 Å². The van der Waals surface area contributed by atoms with E-state index in [4.69, 9.17) is 0 Å². The molecule has 2 amide bonds. The van der Waals surface area contributed by atoms with Crippen molar-refractivity contribution in [2.75, 3.05) is 26.2 Å². The smallest absolute Gasteiger partial charge is 0.262 e. The van der Waals surface area contributed by atoms with Gasteiger partial charge in [0.15, 0.2) is 5.65 Å². The van der Waals surface area contributed by atoms with Crippen LogP contribution in [-0.2, 0) is 11.3 Å². The number of hydrogen-bond donors (Lipinski definition) is 1. The third-order valence-electron chi connectivity index (χ3n) is 9.57. The molecule has 0 spiro atoms. The molecule has 5 aromatic rings. The Labute approximate surface area is 280 Å². The average molecular weight is 696 g/mol. The molecule has 3 aromatic heterocycles. The summed E-state index contributed by atoms with van der Waals surface area (Å²) in [6.45, 7) is 1.76. The highest BCUT2D eigenvalue weighted by Gasteiger charge is 2.41. The first-order valence-corrected chi connectivity index (χ1v) is 16.7. The zero-order valence-corrected chi connectivity index (χ0v) is 27.4. The number of hydrogen-bond acceptors (Lipinski definition) is 6. The number of piperidine rings is 2. The van der Waals surface area contributed by atoms with Gasteiger partial charge in [0, 0.05) is 66.8 Å². The van der Waals surface area contributed by atoms with E-state index in [1.807, 2.05) is 81.2 Å². The number of pyridine rings is 1. The standard InChI is InChI=1S/C36H35BrN6O4/c37-27-19-26(20-38-21-27)33(44)41-15-11-29(31(22-41)25-7-3-1-4-8-25)34(45)40-17-13-36(47,14-18-40)23-42-24-39-32-30(35(42)46)12-16-43(32)28-9-5-2-6-10-28/h1-10,12,16,19-21,24,29,31,47H,11,13-15,17-18,22-23H2/t29-,31+/m1/s1. The lowest BCUT2D eigenvalue weighted by Gasteiger charge is -2.43. The predicted octanol–water partition coefficient (Wildman–Crippen LogP) is 4.64. The third-order valence-corrected chi connectivity index (χ3v) is 10.0. The summed E-state index contributed by atoms with van der Waals surface area (Å²) in [5.41, 5.74) is 1.66. The molecular formula is C36H35BrN6O4. The number of nitrogens with zero attached hydrogens (tertiary/aromatic N) is 6. The van der Waals surface area contributed by atoms with Gasteiger partial charge in [-0.1, -0.05) is 48.5 Å². The Morgan fingerprint density at radius 1 is 0.936 bits per heavy atom. The Balaban J connectivity index is 1.04. The molecule has 2 aliphatic rings. The van der Waals surface area contributed by atoms with Gasteiger partial charge < -0.3 is 19.5 Å². The van der Waals surface area contributed by atoms with Crippen LogP contribution in [-0.4, -0.2) is 77.6 Å². The summed E-state index contributed by atoms with van der Waals surface area (Å²) in [4.78, 5) is 53.3. The summed E-state index contributed by atoms with van der Waals surface area (Å²) in [6.07, 6.45) is 7.78. The molecule has 0 radical (unpaired) electrons. The molecule has 47 heavy (non-hydrogen) atoms. The van der Waals surface area contributed by atoms with Gasteiger partial charge in [0.2, 0.25) is 5.91 Å². The molecule has 2 aliphatic heterocycles. The number of benzene rings is 2. The molecule has 1 N–H and O–H groups in total. The molecular weight excluding hydrogens is 660 g/mol. The molecule has 10 nitrogen and oxygen atoms in total. The molecule has 0 aliphatic carbocycles. The number of carbonyl (C=O) groups excluding carboxylic acids is 2. The Morgan fingerprint density at radius 2 is 1.66 bits per heavy atom. The lowest BCUT2D eigenvalue weighted by Crippen LogP contribution is -2.53. The minimum absolute atomic E-state index is 0.0413. The number of fused-ring (bicyclic) bond motifs is 1. The molecule has 0 unspecified atom stereocenters. The maximum Gasteiger partial charge on any atom is 0.262 e. The molecule has 5 heterocycles. The molecule has 2 saturated heterocycles. The maximum absolute atomic E-state index is 14.1. The first-order valence-electron chi connectivity index (χ1n) is 15.9. The van der Waals surface area contributed by atoms with Crippen LogP contribution >= 0.6 is 15.9 Å². The van der Waals surface area contributed by atoms with E-state index in [9.17, 15) is 19.5 Å². The van der Waals surface area contributed by atoms with Gasteiger partial charge >= 0.3 is 0 Å². The van der Waals surface area contributed by atoms with Crippen LogP contribution in [0.4, 0.5) is 0 Å². The second-order valence-corrected chi connectivity index (χ2v) is 13.5. The number of carbonyl (C=O) groups is 2. The molecule has 2 fully saturated rings. The number of aliphatic hydroxyl groups is 1. The zero-order valence-electron chi connectivity index (χ0n) is 25.8. The van der Waals surface area contributed by atoms with Gasteiger partial charge in [0.1, 0.15) is 6.33 Å². The van der Waals surface area contributed by atoms with Crippen LogP contribution in [0.15, 0.2) is 107 Å². The van der Waals surface area contributed by atoms with Crippen molar-refractivity contribution in [3.05, 3.63) is 124 Å². The van der Waals surface area contributed by atoms with Gasteiger partial charge in [0.25, 0.3) is 11.5 Å². The lowest BCUT2D eigenvalue weighted by molar-refractivity contribution is -0.142. The van der Waals surface area contributed by atoms with Gasteiger partial charge in [-0.15, -0.1) is 0 Å². The van der Waals surface area contributed by atoms with Crippen LogP contribution in [0.25, 0.3) is 16.7 Å². The third kappa shape index (κ3) is 6.25. The molecule has 0 bridgehead atoms. The number of aromatic nitrogens is 4. The van der Waals surface area contributed by atoms with Crippen LogP contribution < -0.4 is 5.56 Å². The highest BCUT2D eigenvalue weighted by atomic mass is 79.9. The van der Waals surface area contributed by atoms with Crippen molar-refractivity contribution in [3.8, 4) is 5.69 Å². The monoisotopic (exact) mass is 694 g/mol. The van der Waals surface area contributed by atoms with Crippen molar-refractivity contribution < 1.29 is 14.7 Å². The van der Waals surface area contributed by atoms with E-state index in [1.54, 1.807) is 24.5 Å². The van der Waals surface area contributed by atoms with Gasteiger partial charge in [-0.05, 0) is 65.0 Å². The van der Waals surface area contributed by atoms with E-state index in [-0.39, 0.29) is 35.8 Å². The Morgan fingerprint density at radius 3 is 2.38 bits per heavy atom. The second kappa shape index (κ2) is 12.9. The molecule has 240 valence electrons. The van der Waals surface area contributed by atoms with E-state index >= 15 is 0 Å². The van der Waals surface area contributed by atoms with Crippen molar-refractivity contribution in [3.63, 3.8) is 0 Å². The van der Waals surface area contributed by atoms with Crippen molar-refractivity contribution >= 4 is 38.8 Å². The summed E-state index contributed by atoms with van der Waals surface area (Å²) in [5, 5.41) is 12.1. The maximum atomic E-state index is 14.1. The molecule has 0 saturated carbocycles. The fraction of sp³-hybridized carbons (Fsp3) is 0.306. The summed E-state index contributed by atoms with van der Waals surface area (Å²) >= 11 is 3.40. The zero-order chi connectivity index (χ0) is 32.5. The van der Waals surface area contributed by atoms with E-state index in [0.717, 1.165) is 15.7 Å². The largest absolute Gasteiger partial charge is 0.388 e. The fourth-order valence-corrected chi connectivity index (χ4v) is 7.36. The Kier molecular flexibility index (Phi) is 8.50. The van der Waals surface area contributed by atoms with Gasteiger partial charge in [-0.25, -0.2) is 4.98 Å². The van der Waals surface area contributed by atoms with Crippen LogP contribution in [0, 0.1) is 5.92 Å². The highest BCUT2D eigenvalue weighted by molar-refractivity contribution is 9.10. The topological polar surface area (TPSA) is 114 Å². The minimum atomic E-state index is -1.15. The van der Waals surface area contributed by atoms with Gasteiger partial charge in [-0.3, -0.25) is 23.9 Å². The number of para-hydroxylation sites is 1. The minimum Gasteiger partial charge on any atom is -0.388 e. The van der Waals surface area contributed by atoms with Gasteiger partial charge in [0.05, 0.1) is 23.1 Å². The molecule has 2 aromatic carbocycles. The van der Waals surface area contributed by atoms with Crippen LogP contribution in [0.2, 0.25) is 0 Å². The molecule has 2 atom stereocenters. The van der Waals surface area contributed by atoms with E-state index in [0.29, 0.717) is 62.0 Å². The van der Waals surface area contributed by atoms with Crippen molar-refractivity contribution in [2.24, 2.45) is 5.92 Å². The van der Waals surface area contributed by atoms with Crippen molar-refractivity contribution in [1.82, 2.24) is 28.9 Å². The molecule has 7 rings (SSSR count). The number of amides is 2. The highest BCUT2D eigenvalue weighted by Crippen LogP contribution is 2.36. The van der Waals surface area contributed by atoms with Crippen molar-refractivity contribution in [1.29, 1.82) is 0 Å². The summed E-state index contributed by atoms with van der Waals surface area (Å²) in [7, 11) is 0. The second-order valence-electron chi connectivity index (χ2n) is 12.5. The predicted molar refractivity (Wildman–Crippen MR) is 181 cm³/mol. The number of rotatable bonds is 6. The van der Waals surface area contributed by atoms with Crippen molar-refractivity contribution in [2.45, 2.75) is 37.3 Å². The van der Waals surface area contributed by atoms with E-state index in [1.165, 1.54) is 10.9 Å². The SMILES string of the molecule is O=C(c1cncc(Br)c1)N1CC[C@@H](C(=O)N2CCC(O)(Cn3cnc4c(ccn4-c4ccccc4)c3=O)CC2)[C@H](c2ccccc2)C1. The summed E-state index contributed by atoms with van der Waals surface area (Å²) in [5.74, 6) is -0.522.